The van der Waals surface area contributed by atoms with E-state index in [1.54, 1.807) is 0 Å². The highest BCUT2D eigenvalue weighted by molar-refractivity contribution is 7.80. The van der Waals surface area contributed by atoms with E-state index in [-0.39, 0.29) is 0 Å². The molecule has 3 heteroatoms. The van der Waals surface area contributed by atoms with Crippen molar-refractivity contribution in [2.24, 2.45) is 0 Å². The van der Waals surface area contributed by atoms with Crippen LogP contribution < -0.4 is 10.1 Å². The van der Waals surface area contributed by atoms with Crippen LogP contribution in [0.25, 0.3) is 0 Å². The van der Waals surface area contributed by atoms with Crippen molar-refractivity contribution in [3.05, 3.63) is 24.3 Å². The van der Waals surface area contributed by atoms with Crippen LogP contribution in [-0.4, -0.2) is 19.2 Å². The SMILES string of the molecule is Sc1ccc(OCC2CCCN2)cc1. The maximum atomic E-state index is 5.65. The summed E-state index contributed by atoms with van der Waals surface area (Å²) in [5, 5.41) is 3.40. The van der Waals surface area contributed by atoms with Crippen LogP contribution >= 0.6 is 12.6 Å². The molecule has 1 fully saturated rings. The summed E-state index contributed by atoms with van der Waals surface area (Å²) in [4.78, 5) is 0.969. The van der Waals surface area contributed by atoms with Gasteiger partial charge < -0.3 is 10.1 Å². The lowest BCUT2D eigenvalue weighted by Crippen LogP contribution is -2.28. The number of hydrogen-bond acceptors (Lipinski definition) is 3. The summed E-state index contributed by atoms with van der Waals surface area (Å²) < 4.78 is 5.65. The van der Waals surface area contributed by atoms with Gasteiger partial charge in [-0.1, -0.05) is 0 Å². The molecular weight excluding hydrogens is 194 g/mol. The van der Waals surface area contributed by atoms with Crippen molar-refractivity contribution in [1.29, 1.82) is 0 Å². The highest BCUT2D eigenvalue weighted by atomic mass is 32.1. The Morgan fingerprint density at radius 2 is 2.14 bits per heavy atom. The number of rotatable bonds is 3. The van der Waals surface area contributed by atoms with Gasteiger partial charge in [0.2, 0.25) is 0 Å². The molecule has 0 saturated carbocycles. The summed E-state index contributed by atoms with van der Waals surface area (Å²) in [5.74, 6) is 0.927. The van der Waals surface area contributed by atoms with Crippen LogP contribution in [0.2, 0.25) is 0 Å². The summed E-state index contributed by atoms with van der Waals surface area (Å²) in [6.07, 6.45) is 2.49. The Kier molecular flexibility index (Phi) is 3.32. The Morgan fingerprint density at radius 1 is 1.36 bits per heavy atom. The van der Waals surface area contributed by atoms with Crippen molar-refractivity contribution >= 4 is 12.6 Å². The first kappa shape index (κ1) is 9.87. The van der Waals surface area contributed by atoms with Gasteiger partial charge in [-0.2, -0.15) is 0 Å². The molecule has 0 aromatic heterocycles. The van der Waals surface area contributed by atoms with Crippen molar-refractivity contribution < 1.29 is 4.74 Å². The van der Waals surface area contributed by atoms with Gasteiger partial charge in [-0.15, -0.1) is 12.6 Å². The summed E-state index contributed by atoms with van der Waals surface area (Å²) >= 11 is 4.22. The van der Waals surface area contributed by atoms with Gasteiger partial charge in [0.15, 0.2) is 0 Å². The summed E-state index contributed by atoms with van der Waals surface area (Å²) in [7, 11) is 0. The minimum atomic E-state index is 0.533. The maximum Gasteiger partial charge on any atom is 0.119 e. The number of hydrogen-bond donors (Lipinski definition) is 2. The molecule has 0 amide bonds. The van der Waals surface area contributed by atoms with Crippen LogP contribution in [0.4, 0.5) is 0 Å². The van der Waals surface area contributed by atoms with Gasteiger partial charge in [0, 0.05) is 10.9 Å². The first-order valence-electron chi connectivity index (χ1n) is 5.00. The zero-order chi connectivity index (χ0) is 9.80. The van der Waals surface area contributed by atoms with Crippen molar-refractivity contribution in [1.82, 2.24) is 5.32 Å². The Labute approximate surface area is 90.1 Å². The Bertz CT molecular complexity index is 280. The predicted octanol–water partition coefficient (Wildman–Crippen LogP) is 2.11. The molecule has 1 atom stereocenters. The lowest BCUT2D eigenvalue weighted by molar-refractivity contribution is 0.277. The molecular formula is C11H15NOS. The largest absolute Gasteiger partial charge is 0.492 e. The van der Waals surface area contributed by atoms with E-state index < -0.39 is 0 Å². The fourth-order valence-electron chi connectivity index (χ4n) is 1.64. The van der Waals surface area contributed by atoms with Gasteiger partial charge in [-0.25, -0.2) is 0 Å². The molecule has 1 aliphatic rings. The van der Waals surface area contributed by atoms with Crippen LogP contribution in [-0.2, 0) is 0 Å². The normalized spacial score (nSPS) is 21.1. The van der Waals surface area contributed by atoms with E-state index >= 15 is 0 Å². The average Bonchev–Trinajstić information content (AvgIpc) is 2.70. The van der Waals surface area contributed by atoms with Gasteiger partial charge in [0.1, 0.15) is 12.4 Å². The Morgan fingerprint density at radius 3 is 2.79 bits per heavy atom. The highest BCUT2D eigenvalue weighted by Gasteiger charge is 2.13. The minimum Gasteiger partial charge on any atom is -0.492 e. The van der Waals surface area contributed by atoms with Gasteiger partial charge >= 0.3 is 0 Å². The Balaban J connectivity index is 1.82. The second kappa shape index (κ2) is 4.71. The summed E-state index contributed by atoms with van der Waals surface area (Å²) in [6.45, 7) is 1.90. The molecule has 0 radical (unpaired) electrons. The second-order valence-electron chi connectivity index (χ2n) is 3.60. The van der Waals surface area contributed by atoms with E-state index in [9.17, 15) is 0 Å². The predicted molar refractivity (Wildman–Crippen MR) is 60.2 cm³/mol. The molecule has 1 unspecified atom stereocenters. The van der Waals surface area contributed by atoms with E-state index in [0.717, 1.165) is 23.8 Å². The van der Waals surface area contributed by atoms with E-state index in [0.29, 0.717) is 6.04 Å². The van der Waals surface area contributed by atoms with Crippen LogP contribution in [0.1, 0.15) is 12.8 Å². The third kappa shape index (κ3) is 2.66. The van der Waals surface area contributed by atoms with E-state index in [4.69, 9.17) is 4.74 Å². The second-order valence-corrected chi connectivity index (χ2v) is 4.11. The molecule has 1 aliphatic heterocycles. The van der Waals surface area contributed by atoms with Crippen LogP contribution in [0, 0.1) is 0 Å². The molecule has 14 heavy (non-hydrogen) atoms. The van der Waals surface area contributed by atoms with Crippen LogP contribution in [0.15, 0.2) is 29.2 Å². The molecule has 76 valence electrons. The lowest BCUT2D eigenvalue weighted by Gasteiger charge is -2.11. The molecule has 1 N–H and O–H groups in total. The number of nitrogens with one attached hydrogen (secondary N) is 1. The highest BCUT2D eigenvalue weighted by Crippen LogP contribution is 2.15. The average molecular weight is 209 g/mol. The van der Waals surface area contributed by atoms with Crippen molar-refractivity contribution in [3.8, 4) is 5.75 Å². The zero-order valence-corrected chi connectivity index (χ0v) is 8.97. The quantitative estimate of drug-likeness (QED) is 0.744. The van der Waals surface area contributed by atoms with Gasteiger partial charge in [-0.3, -0.25) is 0 Å². The lowest BCUT2D eigenvalue weighted by atomic mass is 10.2. The summed E-state index contributed by atoms with van der Waals surface area (Å²) in [6, 6.07) is 8.33. The van der Waals surface area contributed by atoms with Gasteiger partial charge in [0.05, 0.1) is 0 Å². The molecule has 1 heterocycles. The topological polar surface area (TPSA) is 21.3 Å². The van der Waals surface area contributed by atoms with E-state index in [2.05, 4.69) is 17.9 Å². The zero-order valence-electron chi connectivity index (χ0n) is 8.07. The molecule has 2 nitrogen and oxygen atoms in total. The van der Waals surface area contributed by atoms with Crippen molar-refractivity contribution in [2.45, 2.75) is 23.8 Å². The van der Waals surface area contributed by atoms with Crippen molar-refractivity contribution in [2.75, 3.05) is 13.2 Å². The van der Waals surface area contributed by atoms with Gasteiger partial charge in [0.25, 0.3) is 0 Å². The standard InChI is InChI=1S/C11H15NOS/c14-11-5-3-10(4-6-11)13-8-9-2-1-7-12-9/h3-6,9,12,14H,1-2,7-8H2. The maximum absolute atomic E-state index is 5.65. The smallest absolute Gasteiger partial charge is 0.119 e. The monoisotopic (exact) mass is 209 g/mol. The van der Waals surface area contributed by atoms with Crippen LogP contribution in [0.3, 0.4) is 0 Å². The fourth-order valence-corrected chi connectivity index (χ4v) is 1.79. The molecule has 0 spiro atoms. The molecule has 2 rings (SSSR count). The van der Waals surface area contributed by atoms with E-state index in [1.165, 1.54) is 12.8 Å². The van der Waals surface area contributed by atoms with Crippen molar-refractivity contribution in [3.63, 3.8) is 0 Å². The molecule has 0 bridgehead atoms. The fraction of sp³-hybridized carbons (Fsp3) is 0.455. The minimum absolute atomic E-state index is 0.533. The molecule has 1 aromatic carbocycles. The van der Waals surface area contributed by atoms with Gasteiger partial charge in [-0.05, 0) is 43.7 Å². The first-order chi connectivity index (χ1) is 6.84. The third-order valence-electron chi connectivity index (χ3n) is 2.45. The molecule has 1 saturated heterocycles. The third-order valence-corrected chi connectivity index (χ3v) is 2.75. The van der Waals surface area contributed by atoms with E-state index in [1.807, 2.05) is 24.3 Å². The Hall–Kier alpha value is -0.670. The number of thiol groups is 1. The number of ether oxygens (including phenoxy) is 1. The van der Waals surface area contributed by atoms with Crippen LogP contribution in [0.5, 0.6) is 5.75 Å². The summed E-state index contributed by atoms with van der Waals surface area (Å²) in [5.41, 5.74) is 0. The molecule has 1 aromatic rings. The first-order valence-corrected chi connectivity index (χ1v) is 5.44. The molecule has 0 aliphatic carbocycles. The number of benzene rings is 1.